The number of hydrogen-bond donors (Lipinski definition) is 1. The average molecular weight is 285 g/mol. The van der Waals surface area contributed by atoms with Crippen molar-refractivity contribution in [1.29, 1.82) is 0 Å². The number of amides is 1. The van der Waals surface area contributed by atoms with E-state index >= 15 is 0 Å². The number of rotatable bonds is 7. The first-order chi connectivity index (χ1) is 10.2. The lowest BCUT2D eigenvalue weighted by atomic mass is 10.2. The minimum atomic E-state index is -0.609. The molecule has 0 aliphatic heterocycles. The Hall–Kier alpha value is -2.82. The van der Waals surface area contributed by atoms with Crippen LogP contribution in [0.4, 0.5) is 0 Å². The second-order valence-electron chi connectivity index (χ2n) is 4.32. The number of aldehydes is 1. The number of primary amides is 1. The van der Waals surface area contributed by atoms with E-state index in [9.17, 15) is 9.59 Å². The van der Waals surface area contributed by atoms with Crippen molar-refractivity contribution < 1.29 is 19.1 Å². The number of ether oxygens (including phenoxy) is 2. The Bertz CT molecular complexity index is 625. The fourth-order valence-electron chi connectivity index (χ4n) is 1.78. The molecule has 0 aliphatic carbocycles. The fourth-order valence-corrected chi connectivity index (χ4v) is 1.78. The van der Waals surface area contributed by atoms with Crippen LogP contribution < -0.4 is 15.2 Å². The highest BCUT2D eigenvalue weighted by Gasteiger charge is 2.11. The molecule has 1 amide bonds. The van der Waals surface area contributed by atoms with Crippen LogP contribution in [0.2, 0.25) is 0 Å². The first kappa shape index (κ1) is 14.6. The van der Waals surface area contributed by atoms with E-state index in [2.05, 4.69) is 0 Å². The molecule has 0 saturated carbocycles. The van der Waals surface area contributed by atoms with Gasteiger partial charge in [-0.25, -0.2) is 0 Å². The highest BCUT2D eigenvalue weighted by atomic mass is 16.5. The predicted octanol–water partition coefficient (Wildman–Crippen LogP) is 1.94. The second kappa shape index (κ2) is 7.09. The molecular formula is C16H15NO4. The van der Waals surface area contributed by atoms with Crippen molar-refractivity contribution in [2.75, 3.05) is 6.61 Å². The van der Waals surface area contributed by atoms with Gasteiger partial charge in [-0.1, -0.05) is 36.4 Å². The van der Waals surface area contributed by atoms with Gasteiger partial charge in [-0.05, 0) is 17.7 Å². The number of benzene rings is 2. The summed E-state index contributed by atoms with van der Waals surface area (Å²) in [6.07, 6.45) is 0.636. The smallest absolute Gasteiger partial charge is 0.255 e. The molecule has 2 aromatic carbocycles. The summed E-state index contributed by atoms with van der Waals surface area (Å²) < 4.78 is 10.8. The lowest BCUT2D eigenvalue weighted by molar-refractivity contribution is -0.119. The van der Waals surface area contributed by atoms with Gasteiger partial charge in [-0.2, -0.15) is 0 Å². The summed E-state index contributed by atoms with van der Waals surface area (Å²) >= 11 is 0. The van der Waals surface area contributed by atoms with Gasteiger partial charge in [0.2, 0.25) is 0 Å². The maximum atomic E-state index is 11.2. The van der Waals surface area contributed by atoms with Crippen LogP contribution in [0.3, 0.4) is 0 Å². The molecule has 0 atom stereocenters. The molecule has 2 N–H and O–H groups in total. The third-order valence-electron chi connectivity index (χ3n) is 2.75. The Morgan fingerprint density at radius 2 is 1.67 bits per heavy atom. The molecule has 0 aromatic heterocycles. The van der Waals surface area contributed by atoms with Crippen molar-refractivity contribution >= 4 is 12.2 Å². The molecule has 2 aromatic rings. The van der Waals surface area contributed by atoms with E-state index in [1.54, 1.807) is 18.2 Å². The molecule has 0 unspecified atom stereocenters. The van der Waals surface area contributed by atoms with E-state index in [0.717, 1.165) is 5.56 Å². The summed E-state index contributed by atoms with van der Waals surface area (Å²) in [6.45, 7) is 0.0456. The molecule has 0 bridgehead atoms. The van der Waals surface area contributed by atoms with E-state index < -0.39 is 5.91 Å². The van der Waals surface area contributed by atoms with E-state index in [-0.39, 0.29) is 17.9 Å². The number of carbonyl (C=O) groups is 2. The molecule has 0 saturated heterocycles. The first-order valence-corrected chi connectivity index (χ1v) is 6.36. The average Bonchev–Trinajstić information content (AvgIpc) is 2.51. The van der Waals surface area contributed by atoms with Crippen molar-refractivity contribution in [2.45, 2.75) is 6.61 Å². The van der Waals surface area contributed by atoms with Gasteiger partial charge in [0, 0.05) is 0 Å². The molecule has 21 heavy (non-hydrogen) atoms. The zero-order valence-corrected chi connectivity index (χ0v) is 11.3. The van der Waals surface area contributed by atoms with Gasteiger partial charge in [0.1, 0.15) is 18.1 Å². The highest BCUT2D eigenvalue weighted by molar-refractivity contribution is 5.84. The molecule has 0 radical (unpaired) electrons. The Morgan fingerprint density at radius 3 is 2.29 bits per heavy atom. The predicted molar refractivity (Wildman–Crippen MR) is 77.3 cm³/mol. The van der Waals surface area contributed by atoms with Crippen LogP contribution in [0.15, 0.2) is 48.5 Å². The summed E-state index contributed by atoms with van der Waals surface area (Å²) in [5, 5.41) is 0. The van der Waals surface area contributed by atoms with E-state index in [1.165, 1.54) is 0 Å². The van der Waals surface area contributed by atoms with Crippen LogP contribution in [0.25, 0.3) is 0 Å². The van der Waals surface area contributed by atoms with Crippen molar-refractivity contribution in [3.8, 4) is 11.5 Å². The number of hydrogen-bond acceptors (Lipinski definition) is 4. The van der Waals surface area contributed by atoms with E-state index in [4.69, 9.17) is 15.2 Å². The number of carbonyl (C=O) groups excluding carboxylic acids is 2. The molecule has 0 spiro atoms. The molecule has 0 heterocycles. The lowest BCUT2D eigenvalue weighted by Crippen LogP contribution is -2.20. The van der Waals surface area contributed by atoms with Crippen molar-refractivity contribution in [3.05, 3.63) is 59.7 Å². The van der Waals surface area contributed by atoms with Crippen LogP contribution in [0.5, 0.6) is 11.5 Å². The van der Waals surface area contributed by atoms with E-state index in [1.807, 2.05) is 30.3 Å². The van der Waals surface area contributed by atoms with Gasteiger partial charge in [0.15, 0.2) is 12.9 Å². The molecule has 5 nitrogen and oxygen atoms in total. The lowest BCUT2D eigenvalue weighted by Gasteiger charge is -2.12. The standard InChI is InChI=1S/C16H15NO4/c17-16(19)11-21-15-8-4-7-14(13(15)9-18)20-10-12-5-2-1-3-6-12/h1-9H,10-11H2,(H2,17,19). The van der Waals surface area contributed by atoms with Crippen LogP contribution in [-0.4, -0.2) is 18.8 Å². The molecule has 0 fully saturated rings. The van der Waals surface area contributed by atoms with Crippen LogP contribution >= 0.6 is 0 Å². The normalized spacial score (nSPS) is 9.90. The summed E-state index contributed by atoms with van der Waals surface area (Å²) in [7, 11) is 0. The summed E-state index contributed by atoms with van der Waals surface area (Å²) in [6, 6.07) is 14.5. The second-order valence-corrected chi connectivity index (χ2v) is 4.32. The van der Waals surface area contributed by atoms with Gasteiger partial charge in [0.25, 0.3) is 5.91 Å². The van der Waals surface area contributed by atoms with Crippen LogP contribution in [0.1, 0.15) is 15.9 Å². The zero-order chi connectivity index (χ0) is 15.1. The maximum absolute atomic E-state index is 11.2. The Balaban J connectivity index is 2.13. The Kier molecular flexibility index (Phi) is 4.93. The monoisotopic (exact) mass is 285 g/mol. The number of nitrogens with two attached hydrogens (primary N) is 1. The highest BCUT2D eigenvalue weighted by Crippen LogP contribution is 2.27. The minimum Gasteiger partial charge on any atom is -0.488 e. The largest absolute Gasteiger partial charge is 0.488 e. The quantitative estimate of drug-likeness (QED) is 0.788. The maximum Gasteiger partial charge on any atom is 0.255 e. The molecule has 108 valence electrons. The van der Waals surface area contributed by atoms with Crippen molar-refractivity contribution in [1.82, 2.24) is 0 Å². The molecule has 2 rings (SSSR count). The third kappa shape index (κ3) is 4.07. The summed E-state index contributed by atoms with van der Waals surface area (Å²) in [5.41, 5.74) is 6.26. The van der Waals surface area contributed by atoms with Gasteiger partial charge in [0.05, 0.1) is 5.56 Å². The van der Waals surface area contributed by atoms with Gasteiger partial charge in [-0.15, -0.1) is 0 Å². The topological polar surface area (TPSA) is 78.6 Å². The van der Waals surface area contributed by atoms with Gasteiger partial charge in [-0.3, -0.25) is 9.59 Å². The van der Waals surface area contributed by atoms with Crippen LogP contribution in [0, 0.1) is 0 Å². The minimum absolute atomic E-state index is 0.259. The summed E-state index contributed by atoms with van der Waals surface area (Å²) in [5.74, 6) is 0.0626. The summed E-state index contributed by atoms with van der Waals surface area (Å²) in [4.78, 5) is 22.0. The fraction of sp³-hybridized carbons (Fsp3) is 0.125. The Morgan fingerprint density at radius 1 is 1.00 bits per heavy atom. The van der Waals surface area contributed by atoms with E-state index in [0.29, 0.717) is 18.6 Å². The van der Waals surface area contributed by atoms with Crippen molar-refractivity contribution in [3.63, 3.8) is 0 Å². The van der Waals surface area contributed by atoms with Gasteiger partial charge >= 0.3 is 0 Å². The third-order valence-corrected chi connectivity index (χ3v) is 2.75. The van der Waals surface area contributed by atoms with Crippen LogP contribution in [-0.2, 0) is 11.4 Å². The first-order valence-electron chi connectivity index (χ1n) is 6.36. The van der Waals surface area contributed by atoms with Gasteiger partial charge < -0.3 is 15.2 Å². The SMILES string of the molecule is NC(=O)COc1cccc(OCc2ccccc2)c1C=O. The van der Waals surface area contributed by atoms with Crippen molar-refractivity contribution in [2.24, 2.45) is 5.73 Å². The Labute approximate surface area is 122 Å². The zero-order valence-electron chi connectivity index (χ0n) is 11.3. The molecule has 0 aliphatic rings. The molecular weight excluding hydrogens is 270 g/mol. The molecule has 5 heteroatoms.